The van der Waals surface area contributed by atoms with Crippen LogP contribution in [0, 0.1) is 0 Å². The van der Waals surface area contributed by atoms with Crippen LogP contribution < -0.4 is 14.8 Å². The maximum atomic E-state index is 13.4. The Morgan fingerprint density at radius 2 is 1.59 bits per heavy atom. The summed E-state index contributed by atoms with van der Waals surface area (Å²) in [4.78, 5) is 13.4. The summed E-state index contributed by atoms with van der Waals surface area (Å²) in [5, 5.41) is 3.15. The molecule has 32 heavy (non-hydrogen) atoms. The van der Waals surface area contributed by atoms with Gasteiger partial charge in [-0.3, -0.25) is 4.79 Å². The van der Waals surface area contributed by atoms with Crippen molar-refractivity contribution in [2.45, 2.75) is 31.4 Å². The van der Waals surface area contributed by atoms with Gasteiger partial charge in [0.05, 0.1) is 12.5 Å². The summed E-state index contributed by atoms with van der Waals surface area (Å²) in [5.74, 6) is 1.36. The van der Waals surface area contributed by atoms with Gasteiger partial charge in [0.1, 0.15) is 6.61 Å². The molecule has 1 saturated heterocycles. The maximum Gasteiger partial charge on any atom is 0.231 e. The molecule has 1 heterocycles. The van der Waals surface area contributed by atoms with Gasteiger partial charge in [-0.15, -0.1) is 0 Å². The zero-order valence-corrected chi connectivity index (χ0v) is 18.4. The lowest BCUT2D eigenvalue weighted by atomic mass is 9.73. The van der Waals surface area contributed by atoms with Gasteiger partial charge in [0.15, 0.2) is 11.5 Å². The van der Waals surface area contributed by atoms with E-state index in [-0.39, 0.29) is 5.91 Å². The van der Waals surface area contributed by atoms with E-state index in [9.17, 15) is 4.79 Å². The van der Waals surface area contributed by atoms with Gasteiger partial charge in [-0.05, 0) is 41.7 Å². The van der Waals surface area contributed by atoms with Crippen LogP contribution in [0.25, 0.3) is 0 Å². The highest BCUT2D eigenvalue weighted by Gasteiger charge is 2.41. The molecule has 3 aromatic carbocycles. The first-order valence-electron chi connectivity index (χ1n) is 11.0. The monoisotopic (exact) mass is 431 g/mol. The SMILES string of the molecule is COc1cc(CNC(=O)C2(c3ccccc3)CCOCC2)ccc1OCc1ccccc1. The van der Waals surface area contributed by atoms with Crippen LogP contribution in [0.2, 0.25) is 0 Å². The third-order valence-electron chi connectivity index (χ3n) is 6.03. The van der Waals surface area contributed by atoms with Crippen LogP contribution in [0.15, 0.2) is 78.9 Å². The lowest BCUT2D eigenvalue weighted by molar-refractivity contribution is -0.130. The zero-order chi connectivity index (χ0) is 22.2. The Kier molecular flexibility index (Phi) is 7.07. The van der Waals surface area contributed by atoms with Crippen LogP contribution in [0.5, 0.6) is 11.5 Å². The Balaban J connectivity index is 1.44. The Morgan fingerprint density at radius 3 is 2.28 bits per heavy atom. The Labute approximate surface area is 189 Å². The molecule has 0 aromatic heterocycles. The average molecular weight is 432 g/mol. The van der Waals surface area contributed by atoms with Crippen molar-refractivity contribution < 1.29 is 19.0 Å². The number of methoxy groups -OCH3 is 1. The summed E-state index contributed by atoms with van der Waals surface area (Å²) in [6.07, 6.45) is 1.36. The van der Waals surface area contributed by atoms with Gasteiger partial charge in [0.25, 0.3) is 0 Å². The second-order valence-electron chi connectivity index (χ2n) is 8.00. The fraction of sp³-hybridized carbons (Fsp3) is 0.296. The van der Waals surface area contributed by atoms with E-state index in [1.165, 1.54) is 0 Å². The zero-order valence-electron chi connectivity index (χ0n) is 18.4. The van der Waals surface area contributed by atoms with Gasteiger partial charge in [-0.25, -0.2) is 0 Å². The number of ether oxygens (including phenoxy) is 3. The Bertz CT molecular complexity index is 1010. The fourth-order valence-corrected chi connectivity index (χ4v) is 4.15. The van der Waals surface area contributed by atoms with Crippen LogP contribution in [0.3, 0.4) is 0 Å². The summed E-state index contributed by atoms with van der Waals surface area (Å²) < 4.78 is 17.0. The molecule has 0 radical (unpaired) electrons. The summed E-state index contributed by atoms with van der Waals surface area (Å²) in [6, 6.07) is 25.8. The maximum absolute atomic E-state index is 13.4. The van der Waals surface area contributed by atoms with E-state index in [1.54, 1.807) is 7.11 Å². The largest absolute Gasteiger partial charge is 0.493 e. The standard InChI is InChI=1S/C27H29NO4/c1-30-25-18-22(12-13-24(25)32-20-21-8-4-2-5-9-21)19-28-26(29)27(14-16-31-17-15-27)23-10-6-3-7-11-23/h2-13,18H,14-17,19-20H2,1H3,(H,28,29). The average Bonchev–Trinajstić information content (AvgIpc) is 2.87. The number of carbonyl (C=O) groups is 1. The summed E-state index contributed by atoms with van der Waals surface area (Å²) in [7, 11) is 1.62. The topological polar surface area (TPSA) is 56.8 Å². The van der Waals surface area contributed by atoms with Crippen molar-refractivity contribution in [3.63, 3.8) is 0 Å². The molecule has 166 valence electrons. The number of nitrogens with one attached hydrogen (secondary N) is 1. The summed E-state index contributed by atoms with van der Waals surface area (Å²) in [6.45, 7) is 2.06. The highest BCUT2D eigenvalue weighted by molar-refractivity contribution is 5.88. The minimum atomic E-state index is -0.553. The van der Waals surface area contributed by atoms with Gasteiger partial charge >= 0.3 is 0 Å². The highest BCUT2D eigenvalue weighted by atomic mass is 16.5. The second kappa shape index (κ2) is 10.3. The lowest BCUT2D eigenvalue weighted by Crippen LogP contribution is -2.47. The molecular formula is C27H29NO4. The Hall–Kier alpha value is -3.31. The van der Waals surface area contributed by atoms with Crippen molar-refractivity contribution in [3.05, 3.63) is 95.6 Å². The van der Waals surface area contributed by atoms with Crippen molar-refractivity contribution in [2.75, 3.05) is 20.3 Å². The van der Waals surface area contributed by atoms with Gasteiger partial charge in [0.2, 0.25) is 5.91 Å². The van der Waals surface area contributed by atoms with Gasteiger partial charge < -0.3 is 19.5 Å². The molecule has 1 aliphatic heterocycles. The molecule has 1 fully saturated rings. The molecule has 0 bridgehead atoms. The normalized spacial score (nSPS) is 15.0. The van der Waals surface area contributed by atoms with Crippen molar-refractivity contribution >= 4 is 5.91 Å². The van der Waals surface area contributed by atoms with Crippen LogP contribution >= 0.6 is 0 Å². The Morgan fingerprint density at radius 1 is 0.906 bits per heavy atom. The first kappa shape index (κ1) is 21.9. The number of rotatable bonds is 8. The molecule has 0 atom stereocenters. The quantitative estimate of drug-likeness (QED) is 0.565. The number of amides is 1. The summed E-state index contributed by atoms with van der Waals surface area (Å²) >= 11 is 0. The number of hydrogen-bond donors (Lipinski definition) is 1. The molecule has 1 aliphatic rings. The first-order valence-corrected chi connectivity index (χ1v) is 11.0. The smallest absolute Gasteiger partial charge is 0.231 e. The van der Waals surface area contributed by atoms with Crippen molar-refractivity contribution in [1.29, 1.82) is 0 Å². The number of carbonyl (C=O) groups excluding carboxylic acids is 1. The van der Waals surface area contributed by atoms with Gasteiger partial charge in [-0.1, -0.05) is 66.7 Å². The molecule has 1 N–H and O–H groups in total. The van der Waals surface area contributed by atoms with E-state index < -0.39 is 5.41 Å². The highest BCUT2D eigenvalue weighted by Crippen LogP contribution is 2.35. The van der Waals surface area contributed by atoms with Crippen LogP contribution in [0.1, 0.15) is 29.5 Å². The molecule has 0 saturated carbocycles. The number of benzene rings is 3. The molecule has 5 heteroatoms. The van der Waals surface area contributed by atoms with E-state index in [1.807, 2.05) is 78.9 Å². The number of hydrogen-bond acceptors (Lipinski definition) is 4. The minimum absolute atomic E-state index is 0.0374. The van der Waals surface area contributed by atoms with Crippen LogP contribution in [0.4, 0.5) is 0 Å². The fourth-order valence-electron chi connectivity index (χ4n) is 4.15. The minimum Gasteiger partial charge on any atom is -0.493 e. The predicted molar refractivity (Wildman–Crippen MR) is 124 cm³/mol. The van der Waals surface area contributed by atoms with Crippen molar-refractivity contribution in [1.82, 2.24) is 5.32 Å². The van der Waals surface area contributed by atoms with E-state index >= 15 is 0 Å². The predicted octanol–water partition coefficient (Wildman–Crippen LogP) is 4.64. The molecule has 3 aromatic rings. The van der Waals surface area contributed by atoms with Gasteiger partial charge in [-0.2, -0.15) is 0 Å². The summed E-state index contributed by atoms with van der Waals surface area (Å²) in [5.41, 5.74) is 2.54. The molecule has 0 aliphatic carbocycles. The van der Waals surface area contributed by atoms with E-state index in [0.29, 0.717) is 50.7 Å². The first-order chi connectivity index (χ1) is 15.7. The molecular weight excluding hydrogens is 402 g/mol. The van der Waals surface area contributed by atoms with Crippen molar-refractivity contribution in [2.24, 2.45) is 0 Å². The van der Waals surface area contributed by atoms with E-state index in [2.05, 4.69) is 5.32 Å². The molecule has 0 spiro atoms. The van der Waals surface area contributed by atoms with Crippen molar-refractivity contribution in [3.8, 4) is 11.5 Å². The lowest BCUT2D eigenvalue weighted by Gasteiger charge is -2.36. The van der Waals surface area contributed by atoms with Crippen LogP contribution in [-0.2, 0) is 28.1 Å². The third kappa shape index (κ3) is 4.94. The third-order valence-corrected chi connectivity index (χ3v) is 6.03. The molecule has 1 amide bonds. The molecule has 0 unspecified atom stereocenters. The van der Waals surface area contributed by atoms with E-state index in [0.717, 1.165) is 16.7 Å². The van der Waals surface area contributed by atoms with E-state index in [4.69, 9.17) is 14.2 Å². The second-order valence-corrected chi connectivity index (χ2v) is 8.00. The molecule has 5 nitrogen and oxygen atoms in total. The molecule has 4 rings (SSSR count). The van der Waals surface area contributed by atoms with Gasteiger partial charge in [0, 0.05) is 19.8 Å². The van der Waals surface area contributed by atoms with Crippen LogP contribution in [-0.4, -0.2) is 26.2 Å².